The molecule has 2 nitrogen and oxygen atoms in total. The number of ether oxygens (including phenoxy) is 1. The third-order valence-electron chi connectivity index (χ3n) is 2.30. The summed E-state index contributed by atoms with van der Waals surface area (Å²) in [6, 6.07) is 2.69. The van der Waals surface area contributed by atoms with Crippen LogP contribution >= 0.6 is 0 Å². The van der Waals surface area contributed by atoms with Crippen LogP contribution in [0.3, 0.4) is 0 Å². The van der Waals surface area contributed by atoms with Crippen molar-refractivity contribution < 1.29 is 4.74 Å². The SMILES string of the molecule is C#CNC(C(C)C)C(CC=C)OCCC. The molecule has 0 bridgehead atoms. The summed E-state index contributed by atoms with van der Waals surface area (Å²) >= 11 is 0. The zero-order valence-corrected chi connectivity index (χ0v) is 10.1. The summed E-state index contributed by atoms with van der Waals surface area (Å²) in [6.07, 6.45) is 9.15. The molecule has 0 saturated heterocycles. The standard InChI is InChI=1S/C13H23NO/c1-6-9-12(15-10-7-2)13(11(4)5)14-8-3/h3,6,11-14H,1,7,9-10H2,2,4-5H3. The smallest absolute Gasteiger partial charge is 0.0819 e. The van der Waals surface area contributed by atoms with E-state index in [2.05, 4.69) is 38.7 Å². The predicted molar refractivity (Wildman–Crippen MR) is 65.4 cm³/mol. The Morgan fingerprint density at radius 2 is 2.20 bits per heavy atom. The summed E-state index contributed by atoms with van der Waals surface area (Å²) in [5.74, 6) is 0.447. The molecule has 0 aromatic carbocycles. The first-order chi connectivity index (χ1) is 7.17. The van der Waals surface area contributed by atoms with Gasteiger partial charge in [0, 0.05) is 12.7 Å². The molecule has 0 aliphatic rings. The van der Waals surface area contributed by atoms with Gasteiger partial charge in [-0.3, -0.25) is 0 Å². The lowest BCUT2D eigenvalue weighted by Crippen LogP contribution is -2.43. The van der Waals surface area contributed by atoms with E-state index in [1.165, 1.54) is 0 Å². The van der Waals surface area contributed by atoms with Gasteiger partial charge in [-0.05, 0) is 18.8 Å². The van der Waals surface area contributed by atoms with E-state index in [0.717, 1.165) is 19.4 Å². The molecule has 0 aromatic heterocycles. The molecule has 2 heteroatoms. The van der Waals surface area contributed by atoms with Crippen molar-refractivity contribution in [2.24, 2.45) is 5.92 Å². The van der Waals surface area contributed by atoms with E-state index in [1.54, 1.807) is 0 Å². The molecule has 2 unspecified atom stereocenters. The number of rotatable bonds is 8. The Labute approximate surface area is 94.1 Å². The van der Waals surface area contributed by atoms with Crippen LogP contribution in [0.15, 0.2) is 12.7 Å². The highest BCUT2D eigenvalue weighted by Crippen LogP contribution is 2.14. The first-order valence-electron chi connectivity index (χ1n) is 5.60. The minimum atomic E-state index is 0.124. The highest BCUT2D eigenvalue weighted by atomic mass is 16.5. The lowest BCUT2D eigenvalue weighted by molar-refractivity contribution is 0.0213. The van der Waals surface area contributed by atoms with E-state index in [0.29, 0.717) is 5.92 Å². The molecule has 0 saturated carbocycles. The second-order valence-corrected chi connectivity index (χ2v) is 3.99. The highest BCUT2D eigenvalue weighted by molar-refractivity contribution is 4.93. The van der Waals surface area contributed by atoms with Gasteiger partial charge in [0.25, 0.3) is 0 Å². The van der Waals surface area contributed by atoms with Crippen LogP contribution in [0, 0.1) is 18.4 Å². The molecule has 0 aromatic rings. The van der Waals surface area contributed by atoms with Gasteiger partial charge in [0.05, 0.1) is 12.1 Å². The first-order valence-corrected chi connectivity index (χ1v) is 5.60. The maximum absolute atomic E-state index is 5.78. The molecule has 0 aliphatic heterocycles. The average molecular weight is 209 g/mol. The molecule has 0 spiro atoms. The number of terminal acetylenes is 1. The largest absolute Gasteiger partial charge is 0.376 e. The molecule has 0 aliphatic carbocycles. The van der Waals surface area contributed by atoms with Crippen LogP contribution in [0.4, 0.5) is 0 Å². The van der Waals surface area contributed by atoms with Crippen LogP contribution in [-0.2, 0) is 4.74 Å². The van der Waals surface area contributed by atoms with Gasteiger partial charge in [0.2, 0.25) is 0 Å². The predicted octanol–water partition coefficient (Wildman–Crippen LogP) is 2.56. The van der Waals surface area contributed by atoms with Crippen LogP contribution < -0.4 is 5.32 Å². The van der Waals surface area contributed by atoms with E-state index in [1.807, 2.05) is 6.08 Å². The third-order valence-corrected chi connectivity index (χ3v) is 2.30. The van der Waals surface area contributed by atoms with Crippen LogP contribution in [0.1, 0.15) is 33.6 Å². The van der Waals surface area contributed by atoms with E-state index in [4.69, 9.17) is 11.2 Å². The number of nitrogens with one attached hydrogen (secondary N) is 1. The fourth-order valence-corrected chi connectivity index (χ4v) is 1.54. The van der Waals surface area contributed by atoms with Gasteiger partial charge in [-0.1, -0.05) is 33.3 Å². The zero-order valence-electron chi connectivity index (χ0n) is 10.1. The summed E-state index contributed by atoms with van der Waals surface area (Å²) in [7, 11) is 0. The highest BCUT2D eigenvalue weighted by Gasteiger charge is 2.23. The Morgan fingerprint density at radius 1 is 1.53 bits per heavy atom. The molecule has 0 heterocycles. The van der Waals surface area contributed by atoms with Crippen LogP contribution in [0.25, 0.3) is 0 Å². The maximum atomic E-state index is 5.78. The summed E-state index contributed by atoms with van der Waals surface area (Å²) in [5.41, 5.74) is 0. The third kappa shape index (κ3) is 5.49. The van der Waals surface area contributed by atoms with Gasteiger partial charge in [0.15, 0.2) is 0 Å². The summed E-state index contributed by atoms with van der Waals surface area (Å²) in [6.45, 7) is 10.9. The Balaban J connectivity index is 4.37. The minimum absolute atomic E-state index is 0.124. The second kappa shape index (κ2) is 8.38. The molecule has 0 amide bonds. The molecule has 0 fully saturated rings. The monoisotopic (exact) mass is 209 g/mol. The first kappa shape index (κ1) is 14.1. The average Bonchev–Trinajstić information content (AvgIpc) is 2.21. The lowest BCUT2D eigenvalue weighted by atomic mass is 9.96. The molecule has 86 valence electrons. The lowest BCUT2D eigenvalue weighted by Gasteiger charge is -2.29. The molecule has 1 N–H and O–H groups in total. The summed E-state index contributed by atoms with van der Waals surface area (Å²) < 4.78 is 5.78. The van der Waals surface area contributed by atoms with Gasteiger partial charge in [0.1, 0.15) is 0 Å². The van der Waals surface area contributed by atoms with Crippen LogP contribution in [0.5, 0.6) is 0 Å². The van der Waals surface area contributed by atoms with Gasteiger partial charge in [-0.15, -0.1) is 6.58 Å². The van der Waals surface area contributed by atoms with Crippen molar-refractivity contribution in [2.45, 2.75) is 45.8 Å². The molecule has 0 radical (unpaired) electrons. The van der Waals surface area contributed by atoms with Crippen molar-refractivity contribution in [3.8, 4) is 12.5 Å². The fourth-order valence-electron chi connectivity index (χ4n) is 1.54. The number of hydrogen-bond donors (Lipinski definition) is 1. The van der Waals surface area contributed by atoms with E-state index in [9.17, 15) is 0 Å². The van der Waals surface area contributed by atoms with Gasteiger partial charge < -0.3 is 10.1 Å². The van der Waals surface area contributed by atoms with Crippen molar-refractivity contribution in [3.05, 3.63) is 12.7 Å². The maximum Gasteiger partial charge on any atom is 0.0819 e. The molecular weight excluding hydrogens is 186 g/mol. The Kier molecular flexibility index (Phi) is 7.85. The van der Waals surface area contributed by atoms with E-state index >= 15 is 0 Å². The Bertz CT molecular complexity index is 205. The molecule has 2 atom stereocenters. The topological polar surface area (TPSA) is 21.3 Å². The Morgan fingerprint density at radius 3 is 2.60 bits per heavy atom. The molecular formula is C13H23NO. The van der Waals surface area contributed by atoms with Crippen molar-refractivity contribution in [3.63, 3.8) is 0 Å². The van der Waals surface area contributed by atoms with Crippen LogP contribution in [-0.4, -0.2) is 18.8 Å². The fraction of sp³-hybridized carbons (Fsp3) is 0.692. The van der Waals surface area contributed by atoms with E-state index in [-0.39, 0.29) is 12.1 Å². The van der Waals surface area contributed by atoms with Gasteiger partial charge >= 0.3 is 0 Å². The normalized spacial score (nSPS) is 14.3. The summed E-state index contributed by atoms with van der Waals surface area (Å²) in [5, 5.41) is 3.03. The van der Waals surface area contributed by atoms with Gasteiger partial charge in [-0.2, -0.15) is 0 Å². The number of hydrogen-bond acceptors (Lipinski definition) is 2. The quantitative estimate of drug-likeness (QED) is 0.377. The van der Waals surface area contributed by atoms with Gasteiger partial charge in [-0.25, -0.2) is 0 Å². The summed E-state index contributed by atoms with van der Waals surface area (Å²) in [4.78, 5) is 0. The minimum Gasteiger partial charge on any atom is -0.376 e. The second-order valence-electron chi connectivity index (χ2n) is 3.99. The van der Waals surface area contributed by atoms with E-state index < -0.39 is 0 Å². The van der Waals surface area contributed by atoms with Crippen molar-refractivity contribution in [1.29, 1.82) is 0 Å². The zero-order chi connectivity index (χ0) is 11.7. The van der Waals surface area contributed by atoms with Crippen molar-refractivity contribution >= 4 is 0 Å². The Hall–Kier alpha value is -0.940. The van der Waals surface area contributed by atoms with Crippen LogP contribution in [0.2, 0.25) is 0 Å². The van der Waals surface area contributed by atoms with Crippen molar-refractivity contribution in [1.82, 2.24) is 5.32 Å². The molecule has 0 rings (SSSR count). The van der Waals surface area contributed by atoms with Crippen molar-refractivity contribution in [2.75, 3.05) is 6.61 Å². The molecule has 15 heavy (non-hydrogen) atoms.